The highest BCUT2D eigenvalue weighted by atomic mass is 32.2. The third-order valence-corrected chi connectivity index (χ3v) is 8.05. The number of carbonyl (C=O) groups excluding carboxylic acids is 1. The number of likely N-dealkylation sites (tertiary alicyclic amines) is 1. The van der Waals surface area contributed by atoms with Crippen LogP contribution in [0.25, 0.3) is 0 Å². The average molecular weight is 397 g/mol. The fourth-order valence-corrected chi connectivity index (χ4v) is 5.97. The Bertz CT molecular complexity index is 792. The van der Waals surface area contributed by atoms with E-state index < -0.39 is 10.0 Å². The Morgan fingerprint density at radius 2 is 2.07 bits per heavy atom. The molecule has 0 N–H and O–H groups in total. The van der Waals surface area contributed by atoms with Gasteiger partial charge in [0.2, 0.25) is 5.91 Å². The first-order chi connectivity index (χ1) is 12.9. The largest absolute Gasteiger partial charge is 0.376 e. The van der Waals surface area contributed by atoms with E-state index in [-0.39, 0.29) is 22.5 Å². The molecule has 1 aromatic heterocycles. The number of aromatic nitrogens is 2. The molecule has 4 heterocycles. The number of imidazole rings is 1. The molecular weight excluding hydrogens is 368 g/mol. The Kier molecular flexibility index (Phi) is 5.02. The summed E-state index contributed by atoms with van der Waals surface area (Å²) in [6, 6.07) is 0. The normalized spacial score (nSPS) is 26.8. The number of aryl methyl sites for hydroxylation is 1. The van der Waals surface area contributed by atoms with Crippen LogP contribution in [0.5, 0.6) is 0 Å². The zero-order valence-corrected chi connectivity index (χ0v) is 16.7. The van der Waals surface area contributed by atoms with E-state index in [4.69, 9.17) is 4.74 Å². The lowest BCUT2D eigenvalue weighted by atomic mass is 9.72. The topological polar surface area (TPSA) is 84.7 Å². The van der Waals surface area contributed by atoms with Crippen molar-refractivity contribution < 1.29 is 17.9 Å². The van der Waals surface area contributed by atoms with Gasteiger partial charge in [0, 0.05) is 52.5 Å². The van der Waals surface area contributed by atoms with Gasteiger partial charge in [0.25, 0.3) is 10.0 Å². The fourth-order valence-electron chi connectivity index (χ4n) is 4.57. The first-order valence-corrected chi connectivity index (χ1v) is 11.2. The zero-order chi connectivity index (χ0) is 19.1. The molecule has 27 heavy (non-hydrogen) atoms. The molecule has 4 rings (SSSR count). The van der Waals surface area contributed by atoms with E-state index in [9.17, 15) is 13.2 Å². The summed E-state index contributed by atoms with van der Waals surface area (Å²) in [5.74, 6) is 0.208. The standard InChI is InChI=1S/C18H28N4O4S/c1-20-12-16(19-14-20)27(24,25)22-8-6-18(7-9-22)5-4-17(23)21(13-18)11-15-3-2-10-26-15/h12,14-15H,2-11,13H2,1H3/t15-/m1/s1. The number of amides is 1. The maximum Gasteiger partial charge on any atom is 0.262 e. The summed E-state index contributed by atoms with van der Waals surface area (Å²) in [4.78, 5) is 18.3. The molecule has 3 aliphatic rings. The molecule has 9 heteroatoms. The van der Waals surface area contributed by atoms with E-state index in [2.05, 4.69) is 4.98 Å². The van der Waals surface area contributed by atoms with E-state index in [0.717, 1.165) is 45.3 Å². The Labute approximate surface area is 160 Å². The molecule has 0 aromatic carbocycles. The monoisotopic (exact) mass is 396 g/mol. The predicted molar refractivity (Wildman–Crippen MR) is 98.4 cm³/mol. The molecule has 1 atom stereocenters. The first kappa shape index (κ1) is 18.9. The molecule has 0 aliphatic carbocycles. The summed E-state index contributed by atoms with van der Waals surface area (Å²) in [5, 5.41) is 0.111. The van der Waals surface area contributed by atoms with Gasteiger partial charge in [-0.25, -0.2) is 13.4 Å². The van der Waals surface area contributed by atoms with Crippen molar-refractivity contribution in [2.45, 2.75) is 49.7 Å². The van der Waals surface area contributed by atoms with Crippen LogP contribution in [0.4, 0.5) is 0 Å². The van der Waals surface area contributed by atoms with Crippen molar-refractivity contribution in [3.8, 4) is 0 Å². The molecule has 1 spiro atoms. The maximum absolute atomic E-state index is 12.8. The van der Waals surface area contributed by atoms with Gasteiger partial charge < -0.3 is 14.2 Å². The van der Waals surface area contributed by atoms with Gasteiger partial charge in [0.1, 0.15) is 0 Å². The molecule has 0 bridgehead atoms. The van der Waals surface area contributed by atoms with Crippen molar-refractivity contribution in [2.75, 3.05) is 32.8 Å². The molecule has 1 amide bonds. The highest BCUT2D eigenvalue weighted by molar-refractivity contribution is 7.89. The van der Waals surface area contributed by atoms with Gasteiger partial charge in [-0.3, -0.25) is 4.79 Å². The van der Waals surface area contributed by atoms with Crippen LogP contribution in [0.2, 0.25) is 0 Å². The van der Waals surface area contributed by atoms with Crippen molar-refractivity contribution in [1.82, 2.24) is 18.8 Å². The summed E-state index contributed by atoms with van der Waals surface area (Å²) in [6.07, 6.45) is 8.28. The van der Waals surface area contributed by atoms with Crippen LogP contribution in [0, 0.1) is 5.41 Å². The summed E-state index contributed by atoms with van der Waals surface area (Å²) >= 11 is 0. The number of hydrogen-bond acceptors (Lipinski definition) is 5. The van der Waals surface area contributed by atoms with Crippen LogP contribution in [-0.2, 0) is 26.6 Å². The van der Waals surface area contributed by atoms with Crippen molar-refractivity contribution in [2.24, 2.45) is 12.5 Å². The average Bonchev–Trinajstić information content (AvgIpc) is 3.31. The van der Waals surface area contributed by atoms with Crippen molar-refractivity contribution >= 4 is 15.9 Å². The number of carbonyl (C=O) groups is 1. The van der Waals surface area contributed by atoms with Gasteiger partial charge in [0.05, 0.1) is 12.4 Å². The van der Waals surface area contributed by atoms with Crippen LogP contribution in [-0.4, -0.2) is 72.0 Å². The highest BCUT2D eigenvalue weighted by Crippen LogP contribution is 2.41. The number of sulfonamides is 1. The van der Waals surface area contributed by atoms with Crippen LogP contribution >= 0.6 is 0 Å². The zero-order valence-electron chi connectivity index (χ0n) is 15.8. The second-order valence-corrected chi connectivity index (χ2v) is 10.1. The summed E-state index contributed by atoms with van der Waals surface area (Å²) < 4.78 is 34.5. The molecule has 1 aromatic rings. The minimum Gasteiger partial charge on any atom is -0.376 e. The van der Waals surface area contributed by atoms with Crippen LogP contribution < -0.4 is 0 Å². The minimum absolute atomic E-state index is 0.0304. The number of nitrogens with zero attached hydrogens (tertiary/aromatic N) is 4. The van der Waals surface area contributed by atoms with E-state index in [1.165, 1.54) is 6.33 Å². The van der Waals surface area contributed by atoms with Gasteiger partial charge in [-0.2, -0.15) is 4.31 Å². The maximum atomic E-state index is 12.8. The molecule has 0 radical (unpaired) electrons. The van der Waals surface area contributed by atoms with E-state index in [1.807, 2.05) is 4.90 Å². The van der Waals surface area contributed by atoms with Crippen LogP contribution in [0.3, 0.4) is 0 Å². The number of ether oxygens (including phenoxy) is 1. The number of rotatable bonds is 4. The summed E-state index contributed by atoms with van der Waals surface area (Å²) in [5.41, 5.74) is 0.0304. The summed E-state index contributed by atoms with van der Waals surface area (Å²) in [6.45, 7) is 3.17. The van der Waals surface area contributed by atoms with Gasteiger partial charge in [-0.05, 0) is 37.5 Å². The molecule has 3 saturated heterocycles. The first-order valence-electron chi connectivity index (χ1n) is 9.76. The van der Waals surface area contributed by atoms with Crippen LogP contribution in [0.1, 0.15) is 38.5 Å². The molecule has 0 unspecified atom stereocenters. The quantitative estimate of drug-likeness (QED) is 0.758. The van der Waals surface area contributed by atoms with Crippen molar-refractivity contribution in [1.29, 1.82) is 0 Å². The Hall–Kier alpha value is -1.45. The van der Waals surface area contributed by atoms with E-state index in [0.29, 0.717) is 26.1 Å². The smallest absolute Gasteiger partial charge is 0.262 e. The lowest BCUT2D eigenvalue weighted by molar-refractivity contribution is -0.140. The third kappa shape index (κ3) is 3.77. The van der Waals surface area contributed by atoms with Gasteiger partial charge in [0.15, 0.2) is 5.03 Å². The van der Waals surface area contributed by atoms with Crippen molar-refractivity contribution in [3.63, 3.8) is 0 Å². The third-order valence-electron chi connectivity index (χ3n) is 6.26. The molecule has 150 valence electrons. The molecular formula is C18H28N4O4S. The Morgan fingerprint density at radius 3 is 2.70 bits per heavy atom. The lowest BCUT2D eigenvalue weighted by Gasteiger charge is -2.47. The Morgan fingerprint density at radius 1 is 1.30 bits per heavy atom. The lowest BCUT2D eigenvalue weighted by Crippen LogP contribution is -2.53. The number of hydrogen-bond donors (Lipinski definition) is 0. The van der Waals surface area contributed by atoms with Gasteiger partial charge in [-0.15, -0.1) is 0 Å². The van der Waals surface area contributed by atoms with Gasteiger partial charge in [-0.1, -0.05) is 0 Å². The van der Waals surface area contributed by atoms with Crippen LogP contribution in [0.15, 0.2) is 17.6 Å². The van der Waals surface area contributed by atoms with E-state index in [1.54, 1.807) is 22.1 Å². The van der Waals surface area contributed by atoms with Gasteiger partial charge >= 0.3 is 0 Å². The molecule has 3 fully saturated rings. The molecule has 8 nitrogen and oxygen atoms in total. The summed E-state index contributed by atoms with van der Waals surface area (Å²) in [7, 11) is -1.78. The fraction of sp³-hybridized carbons (Fsp3) is 0.778. The van der Waals surface area contributed by atoms with E-state index >= 15 is 0 Å². The highest BCUT2D eigenvalue weighted by Gasteiger charge is 2.44. The predicted octanol–water partition coefficient (Wildman–Crippen LogP) is 0.992. The molecule has 3 aliphatic heterocycles. The second kappa shape index (κ2) is 7.18. The number of piperidine rings is 2. The second-order valence-electron chi connectivity index (χ2n) is 8.19. The SMILES string of the molecule is Cn1cnc(S(=O)(=O)N2CCC3(CCC(=O)N(C[C@H]4CCCO4)C3)CC2)c1. The van der Waals surface area contributed by atoms with Crippen molar-refractivity contribution in [3.05, 3.63) is 12.5 Å². The minimum atomic E-state index is -3.54. The molecule has 0 saturated carbocycles. The Balaban J connectivity index is 1.40.